The molecule has 0 aliphatic rings. The van der Waals surface area contributed by atoms with Crippen molar-refractivity contribution < 1.29 is 72.3 Å². The lowest BCUT2D eigenvalue weighted by Crippen LogP contribution is -2.41. The lowest BCUT2D eigenvalue weighted by molar-refractivity contribution is 0.102. The van der Waals surface area contributed by atoms with Crippen molar-refractivity contribution >= 4 is 98.9 Å². The molecule has 0 bridgehead atoms. The third-order valence-corrected chi connectivity index (χ3v) is 13.3. The van der Waals surface area contributed by atoms with Crippen molar-refractivity contribution in [3.8, 4) is 0 Å². The average molecular weight is 1080 g/mol. The number of aliphatic hydroxyl groups excluding tert-OH is 4. The minimum absolute atomic E-state index is 0.0935. The summed E-state index contributed by atoms with van der Waals surface area (Å²) in [4.78, 5) is 25.1. The Bertz CT molecular complexity index is 3220. The second kappa shape index (κ2) is 21.3. The SMILES string of the molecule is CC(O)N(c1nc(NC(=C(Nc2nc(Nc3ccc(S(=O)(=O)O)cc3)nc(N(C(C)O)C(C)O)n2)c2ccccc2S(=O)(=O)O)c2ccccc2S(=O)(=O)O)nc(Nc2ccc(S(=O)(=O)O)cc2)n1)C(C)O. The Morgan fingerprint density at radius 3 is 0.986 bits per heavy atom. The third kappa shape index (κ3) is 13.3. The van der Waals surface area contributed by atoms with E-state index < -0.39 is 143 Å². The van der Waals surface area contributed by atoms with Gasteiger partial charge in [0.2, 0.25) is 35.7 Å². The third-order valence-electron chi connectivity index (χ3n) is 9.73. The molecule has 4 aromatic carbocycles. The van der Waals surface area contributed by atoms with Gasteiger partial charge in [-0.2, -0.15) is 63.6 Å². The lowest BCUT2D eigenvalue weighted by Gasteiger charge is -2.29. The molecule has 2 aromatic heterocycles. The maximum absolute atomic E-state index is 13.2. The minimum atomic E-state index is -5.23. The van der Waals surface area contributed by atoms with Crippen LogP contribution < -0.4 is 31.1 Å². The summed E-state index contributed by atoms with van der Waals surface area (Å²) in [6, 6.07) is 18.2. The van der Waals surface area contributed by atoms with Gasteiger partial charge in [-0.3, -0.25) is 28.0 Å². The summed E-state index contributed by atoms with van der Waals surface area (Å²) < 4.78 is 140. The molecule has 0 amide bonds. The van der Waals surface area contributed by atoms with E-state index in [1.54, 1.807) is 0 Å². The van der Waals surface area contributed by atoms with Gasteiger partial charge in [0.1, 0.15) is 34.7 Å². The summed E-state index contributed by atoms with van der Waals surface area (Å²) in [5, 5.41) is 54.2. The molecule has 32 heteroatoms. The summed E-state index contributed by atoms with van der Waals surface area (Å²) in [6.07, 6.45) is -6.11. The average Bonchev–Trinajstić information content (AvgIpc) is 3.26. The van der Waals surface area contributed by atoms with Crippen molar-refractivity contribution in [3.63, 3.8) is 0 Å². The zero-order valence-corrected chi connectivity index (χ0v) is 40.9. The normalized spacial score (nSPS) is 14.3. The van der Waals surface area contributed by atoms with Gasteiger partial charge in [0, 0.05) is 22.5 Å². The Morgan fingerprint density at radius 2 is 0.708 bits per heavy atom. The van der Waals surface area contributed by atoms with Crippen molar-refractivity contribution in [1.82, 2.24) is 29.9 Å². The number of hydrogen-bond acceptors (Lipinski definition) is 24. The fraction of sp³-hybridized carbons (Fsp3) is 0.200. The molecule has 0 aliphatic heterocycles. The quantitative estimate of drug-likeness (QED) is 0.0297. The van der Waals surface area contributed by atoms with Crippen molar-refractivity contribution in [2.24, 2.45) is 0 Å². The van der Waals surface area contributed by atoms with E-state index in [-0.39, 0.29) is 11.4 Å². The molecule has 2 heterocycles. The first kappa shape index (κ1) is 54.3. The molecule has 6 aromatic rings. The number of aromatic nitrogens is 6. The van der Waals surface area contributed by atoms with Gasteiger partial charge in [-0.05, 0) is 88.4 Å². The van der Waals surface area contributed by atoms with Crippen molar-refractivity contribution in [1.29, 1.82) is 0 Å². The summed E-state index contributed by atoms with van der Waals surface area (Å²) >= 11 is 0. The molecule has 0 aliphatic carbocycles. The highest BCUT2D eigenvalue weighted by atomic mass is 32.2. The van der Waals surface area contributed by atoms with E-state index in [9.17, 15) is 72.3 Å². The van der Waals surface area contributed by atoms with E-state index in [2.05, 4.69) is 51.2 Å². The molecule has 0 spiro atoms. The van der Waals surface area contributed by atoms with Gasteiger partial charge in [-0.15, -0.1) is 0 Å². The van der Waals surface area contributed by atoms with Crippen molar-refractivity contribution in [2.45, 2.75) is 72.2 Å². The molecule has 0 saturated carbocycles. The van der Waals surface area contributed by atoms with Gasteiger partial charge in [0.15, 0.2) is 0 Å². The molecule has 0 saturated heterocycles. The van der Waals surface area contributed by atoms with E-state index in [0.717, 1.165) is 58.3 Å². The molecule has 12 N–H and O–H groups in total. The van der Waals surface area contributed by atoms with Crippen LogP contribution in [0.4, 0.5) is 47.1 Å². The molecule has 4 unspecified atom stereocenters. The van der Waals surface area contributed by atoms with E-state index in [0.29, 0.717) is 0 Å². The smallest absolute Gasteiger partial charge is 0.295 e. The second-order valence-electron chi connectivity index (χ2n) is 15.1. The predicted octanol–water partition coefficient (Wildman–Crippen LogP) is 2.55. The molecule has 28 nitrogen and oxygen atoms in total. The van der Waals surface area contributed by atoms with Crippen LogP contribution in [0, 0.1) is 0 Å². The van der Waals surface area contributed by atoms with Gasteiger partial charge in [-0.25, -0.2) is 0 Å². The number of nitrogens with zero attached hydrogens (tertiary/aromatic N) is 8. The molecule has 72 heavy (non-hydrogen) atoms. The van der Waals surface area contributed by atoms with E-state index in [1.165, 1.54) is 76.2 Å². The van der Waals surface area contributed by atoms with Crippen LogP contribution in [0.5, 0.6) is 0 Å². The Balaban J connectivity index is 1.70. The first-order valence-electron chi connectivity index (χ1n) is 20.4. The van der Waals surface area contributed by atoms with Crippen LogP contribution >= 0.6 is 0 Å². The van der Waals surface area contributed by atoms with Crippen LogP contribution in [0.15, 0.2) is 117 Å². The Kier molecular flexibility index (Phi) is 16.1. The topological polar surface area (TPSA) is 430 Å². The van der Waals surface area contributed by atoms with Crippen LogP contribution in [0.1, 0.15) is 38.8 Å². The molecule has 0 fully saturated rings. The summed E-state index contributed by atoms with van der Waals surface area (Å²) in [7, 11) is -19.7. The summed E-state index contributed by atoms with van der Waals surface area (Å²) in [5.74, 6) is -3.00. The molecule has 384 valence electrons. The molecular weight excluding hydrogens is 1030 g/mol. The van der Waals surface area contributed by atoms with Crippen molar-refractivity contribution in [3.05, 3.63) is 108 Å². The van der Waals surface area contributed by atoms with Crippen molar-refractivity contribution in [2.75, 3.05) is 31.1 Å². The van der Waals surface area contributed by atoms with Crippen LogP contribution in [-0.4, -0.2) is 127 Å². The molecule has 0 radical (unpaired) electrons. The summed E-state index contributed by atoms with van der Waals surface area (Å²) in [6.45, 7) is 4.96. The molecule has 4 atom stereocenters. The maximum Gasteiger partial charge on any atom is 0.295 e. The summed E-state index contributed by atoms with van der Waals surface area (Å²) in [5.41, 5.74) is -1.91. The number of aliphatic hydroxyl groups is 4. The van der Waals surface area contributed by atoms with Crippen LogP contribution in [0.3, 0.4) is 0 Å². The first-order chi connectivity index (χ1) is 33.5. The number of benzene rings is 4. The van der Waals surface area contributed by atoms with Gasteiger partial charge in [0.05, 0.1) is 21.2 Å². The first-order valence-corrected chi connectivity index (χ1v) is 26.2. The monoisotopic (exact) mass is 1080 g/mol. The maximum atomic E-state index is 13.2. The zero-order chi connectivity index (χ0) is 53.1. The van der Waals surface area contributed by atoms with Gasteiger partial charge < -0.3 is 41.7 Å². The molecule has 6 rings (SSSR count). The predicted molar refractivity (Wildman–Crippen MR) is 257 cm³/mol. The second-order valence-corrected chi connectivity index (χ2v) is 20.7. The highest BCUT2D eigenvalue weighted by Gasteiger charge is 2.30. The van der Waals surface area contributed by atoms with Crippen LogP contribution in [0.25, 0.3) is 11.4 Å². The van der Waals surface area contributed by atoms with E-state index >= 15 is 0 Å². The minimum Gasteiger partial charge on any atom is -0.374 e. The Labute approximate surface area is 410 Å². The van der Waals surface area contributed by atoms with E-state index in [4.69, 9.17) is 0 Å². The number of nitrogens with one attached hydrogen (secondary N) is 4. The Morgan fingerprint density at radius 1 is 0.417 bits per heavy atom. The highest BCUT2D eigenvalue weighted by molar-refractivity contribution is 7.86. The highest BCUT2D eigenvalue weighted by Crippen LogP contribution is 2.36. The largest absolute Gasteiger partial charge is 0.374 e. The number of anilines is 8. The number of rotatable bonds is 20. The fourth-order valence-electron chi connectivity index (χ4n) is 6.70. The molecular formula is C40H44N12O16S4. The van der Waals surface area contributed by atoms with Gasteiger partial charge in [0.25, 0.3) is 40.5 Å². The van der Waals surface area contributed by atoms with Crippen LogP contribution in [-0.2, 0) is 40.5 Å². The number of hydrogen-bond donors (Lipinski definition) is 12. The lowest BCUT2D eigenvalue weighted by atomic mass is 10.0. The fourth-order valence-corrected chi connectivity index (χ4v) is 9.06. The van der Waals surface area contributed by atoms with Gasteiger partial charge in [-0.1, -0.05) is 36.4 Å². The standard InChI is InChI=1S/C40H44N12O16S4/c1-21(53)51(22(2)54)39-47-35(41-25-13-17-27(18-14-25)69(57,58)59)45-37(49-39)43-33(29-9-5-7-11-31(29)71(63,64)65)34(30-10-6-8-12-32(30)72(66,67)68)44-38-46-36(48-40(50-38)52(23(3)55)24(4)56)42-26-15-19-28(20-16-26)70(60,61)62/h5-24,53-56H,1-4H3,(H,57,58,59)(H,60,61,62)(H,63,64,65)(H,66,67,68)(H2,41,43,45,47,49)(H2,42,44,46,48,50). The zero-order valence-electron chi connectivity index (χ0n) is 37.6. The van der Waals surface area contributed by atoms with Crippen LogP contribution in [0.2, 0.25) is 0 Å². The Hall–Kier alpha value is -7.08. The van der Waals surface area contributed by atoms with Gasteiger partial charge >= 0.3 is 0 Å². The van der Waals surface area contributed by atoms with E-state index in [1.807, 2.05) is 0 Å².